The number of allylic oxidation sites excluding steroid dienone is 1. The number of benzene rings is 1. The average molecular weight is 324 g/mol. The standard InChI is InChI=1S/C19H24N4O/c24-19(20-13-11-16-7-3-1-4-8-16)18-15-23(22-21-18)14-12-17-9-5-2-6-10-17/h2,5-7,9-10,15H,1,3-4,8,11-14H2,(H,20,24). The first-order chi connectivity index (χ1) is 11.8. The maximum atomic E-state index is 12.1. The van der Waals surface area contributed by atoms with Crippen LogP contribution in [0.1, 0.15) is 48.2 Å². The van der Waals surface area contributed by atoms with Gasteiger partial charge in [0.2, 0.25) is 0 Å². The van der Waals surface area contributed by atoms with Gasteiger partial charge < -0.3 is 5.32 Å². The number of rotatable bonds is 7. The lowest BCUT2D eigenvalue weighted by molar-refractivity contribution is 0.0949. The zero-order valence-corrected chi connectivity index (χ0v) is 13.9. The molecule has 0 bridgehead atoms. The summed E-state index contributed by atoms with van der Waals surface area (Å²) in [6.07, 6.45) is 10.8. The average Bonchev–Trinajstić information content (AvgIpc) is 3.11. The van der Waals surface area contributed by atoms with Gasteiger partial charge in [-0.1, -0.05) is 47.2 Å². The zero-order valence-electron chi connectivity index (χ0n) is 13.9. The summed E-state index contributed by atoms with van der Waals surface area (Å²) in [5, 5.41) is 11.0. The van der Waals surface area contributed by atoms with Gasteiger partial charge in [-0.15, -0.1) is 5.10 Å². The fraction of sp³-hybridized carbons (Fsp3) is 0.421. The number of carbonyl (C=O) groups is 1. The highest BCUT2D eigenvalue weighted by Gasteiger charge is 2.11. The van der Waals surface area contributed by atoms with Gasteiger partial charge in [0.25, 0.3) is 5.91 Å². The molecule has 0 saturated heterocycles. The Kier molecular flexibility index (Phi) is 5.77. The van der Waals surface area contributed by atoms with Gasteiger partial charge in [0.05, 0.1) is 6.20 Å². The van der Waals surface area contributed by atoms with Crippen molar-refractivity contribution in [1.82, 2.24) is 20.3 Å². The number of aryl methyl sites for hydroxylation is 2. The van der Waals surface area contributed by atoms with Gasteiger partial charge in [0.15, 0.2) is 5.69 Å². The number of nitrogens with one attached hydrogen (secondary N) is 1. The quantitative estimate of drug-likeness (QED) is 0.796. The molecule has 1 aliphatic rings. The maximum Gasteiger partial charge on any atom is 0.273 e. The van der Waals surface area contributed by atoms with Gasteiger partial charge in [-0.3, -0.25) is 9.48 Å². The molecule has 0 saturated carbocycles. The first kappa shape index (κ1) is 16.4. The molecular weight excluding hydrogens is 300 g/mol. The van der Waals surface area contributed by atoms with Gasteiger partial charge in [-0.05, 0) is 44.1 Å². The fourth-order valence-electron chi connectivity index (χ4n) is 2.96. The normalized spacial score (nSPS) is 14.2. The summed E-state index contributed by atoms with van der Waals surface area (Å²) in [6.45, 7) is 1.39. The first-order valence-electron chi connectivity index (χ1n) is 8.71. The van der Waals surface area contributed by atoms with Crippen molar-refractivity contribution in [3.63, 3.8) is 0 Å². The molecule has 3 rings (SSSR count). The molecular formula is C19H24N4O. The third kappa shape index (κ3) is 4.78. The molecule has 0 spiro atoms. The summed E-state index contributed by atoms with van der Waals surface area (Å²) in [6, 6.07) is 10.2. The van der Waals surface area contributed by atoms with Crippen molar-refractivity contribution >= 4 is 5.91 Å². The molecule has 1 heterocycles. The van der Waals surface area contributed by atoms with Gasteiger partial charge >= 0.3 is 0 Å². The van der Waals surface area contributed by atoms with Crippen LogP contribution in [0.25, 0.3) is 0 Å². The Morgan fingerprint density at radius 1 is 1.17 bits per heavy atom. The van der Waals surface area contributed by atoms with Gasteiger partial charge in [0, 0.05) is 13.1 Å². The van der Waals surface area contributed by atoms with E-state index in [0.29, 0.717) is 12.2 Å². The van der Waals surface area contributed by atoms with Crippen molar-refractivity contribution in [3.05, 3.63) is 59.4 Å². The van der Waals surface area contributed by atoms with Crippen molar-refractivity contribution in [2.45, 2.75) is 45.1 Å². The van der Waals surface area contributed by atoms with Crippen molar-refractivity contribution in [2.75, 3.05) is 6.54 Å². The molecule has 1 aromatic carbocycles. The highest BCUT2D eigenvalue weighted by atomic mass is 16.2. The molecule has 5 nitrogen and oxygen atoms in total. The Labute approximate surface area is 142 Å². The minimum absolute atomic E-state index is 0.141. The second kappa shape index (κ2) is 8.43. The minimum atomic E-state index is -0.141. The Morgan fingerprint density at radius 3 is 2.83 bits per heavy atom. The van der Waals surface area contributed by atoms with Crippen molar-refractivity contribution in [2.24, 2.45) is 0 Å². The molecule has 0 radical (unpaired) electrons. The van der Waals surface area contributed by atoms with E-state index in [-0.39, 0.29) is 5.91 Å². The molecule has 0 aliphatic heterocycles. The van der Waals surface area contributed by atoms with E-state index in [4.69, 9.17) is 0 Å². The highest BCUT2D eigenvalue weighted by Crippen LogP contribution is 2.19. The molecule has 2 aromatic rings. The second-order valence-corrected chi connectivity index (χ2v) is 6.22. The van der Waals surface area contributed by atoms with Crippen molar-refractivity contribution in [3.8, 4) is 0 Å². The third-order valence-electron chi connectivity index (χ3n) is 4.36. The van der Waals surface area contributed by atoms with Crippen molar-refractivity contribution in [1.29, 1.82) is 0 Å². The van der Waals surface area contributed by atoms with Crippen LogP contribution < -0.4 is 5.32 Å². The molecule has 1 N–H and O–H groups in total. The largest absolute Gasteiger partial charge is 0.350 e. The summed E-state index contributed by atoms with van der Waals surface area (Å²) in [5.74, 6) is -0.141. The maximum absolute atomic E-state index is 12.1. The van der Waals surface area contributed by atoms with Crippen LogP contribution in [0.5, 0.6) is 0 Å². The molecule has 0 unspecified atom stereocenters. The summed E-state index contributed by atoms with van der Waals surface area (Å²) >= 11 is 0. The number of hydrogen-bond acceptors (Lipinski definition) is 3. The van der Waals surface area contributed by atoms with E-state index in [0.717, 1.165) is 19.4 Å². The van der Waals surface area contributed by atoms with E-state index in [1.54, 1.807) is 10.9 Å². The van der Waals surface area contributed by atoms with E-state index in [1.807, 2.05) is 18.2 Å². The number of aromatic nitrogens is 3. The summed E-state index contributed by atoms with van der Waals surface area (Å²) in [4.78, 5) is 12.1. The smallest absolute Gasteiger partial charge is 0.273 e. The number of hydrogen-bond donors (Lipinski definition) is 1. The monoisotopic (exact) mass is 324 g/mol. The van der Waals surface area contributed by atoms with Crippen molar-refractivity contribution < 1.29 is 4.79 Å². The van der Waals surface area contributed by atoms with Crippen LogP contribution in [0, 0.1) is 0 Å². The van der Waals surface area contributed by atoms with E-state index >= 15 is 0 Å². The topological polar surface area (TPSA) is 59.8 Å². The number of carbonyl (C=O) groups excluding carboxylic acids is 1. The molecule has 5 heteroatoms. The summed E-state index contributed by atoms with van der Waals surface area (Å²) < 4.78 is 1.73. The van der Waals surface area contributed by atoms with Crippen LogP contribution in [0.4, 0.5) is 0 Å². The molecule has 0 fully saturated rings. The first-order valence-corrected chi connectivity index (χ1v) is 8.71. The Hall–Kier alpha value is -2.43. The lowest BCUT2D eigenvalue weighted by Gasteiger charge is -2.12. The Balaban J connectivity index is 1.44. The van der Waals surface area contributed by atoms with Gasteiger partial charge in [0.1, 0.15) is 0 Å². The zero-order chi connectivity index (χ0) is 16.6. The van der Waals surface area contributed by atoms with E-state index < -0.39 is 0 Å². The van der Waals surface area contributed by atoms with E-state index in [1.165, 1.54) is 36.8 Å². The van der Waals surface area contributed by atoms with Crippen LogP contribution in [0.15, 0.2) is 48.2 Å². The van der Waals surface area contributed by atoms with Gasteiger partial charge in [-0.2, -0.15) is 0 Å². The van der Waals surface area contributed by atoms with Crippen LogP contribution >= 0.6 is 0 Å². The second-order valence-electron chi connectivity index (χ2n) is 6.22. The molecule has 24 heavy (non-hydrogen) atoms. The molecule has 1 aromatic heterocycles. The van der Waals surface area contributed by atoms with Crippen LogP contribution in [-0.4, -0.2) is 27.4 Å². The van der Waals surface area contributed by atoms with Crippen LogP contribution in [0.3, 0.4) is 0 Å². The van der Waals surface area contributed by atoms with E-state index in [9.17, 15) is 4.79 Å². The Bertz CT molecular complexity index is 690. The number of nitrogens with zero attached hydrogens (tertiary/aromatic N) is 3. The third-order valence-corrected chi connectivity index (χ3v) is 4.36. The van der Waals surface area contributed by atoms with Gasteiger partial charge in [-0.25, -0.2) is 0 Å². The molecule has 0 atom stereocenters. The minimum Gasteiger partial charge on any atom is -0.350 e. The SMILES string of the molecule is O=C(NCCC1=CCCCC1)c1cn(CCc2ccccc2)nn1. The number of amides is 1. The predicted octanol–water partition coefficient (Wildman–Crippen LogP) is 3.14. The van der Waals surface area contributed by atoms with E-state index in [2.05, 4.69) is 33.8 Å². The molecule has 126 valence electrons. The lowest BCUT2D eigenvalue weighted by Crippen LogP contribution is -2.25. The van der Waals surface area contributed by atoms with Crippen LogP contribution in [-0.2, 0) is 13.0 Å². The molecule has 1 amide bonds. The van der Waals surface area contributed by atoms with Crippen LogP contribution in [0.2, 0.25) is 0 Å². The highest BCUT2D eigenvalue weighted by molar-refractivity contribution is 5.91. The molecule has 1 aliphatic carbocycles. The fourth-order valence-corrected chi connectivity index (χ4v) is 2.96. The Morgan fingerprint density at radius 2 is 2.04 bits per heavy atom. The predicted molar refractivity (Wildman–Crippen MR) is 93.7 cm³/mol. The summed E-state index contributed by atoms with van der Waals surface area (Å²) in [5.41, 5.74) is 3.11. The lowest BCUT2D eigenvalue weighted by atomic mass is 9.97. The summed E-state index contributed by atoms with van der Waals surface area (Å²) in [7, 11) is 0.